The lowest BCUT2D eigenvalue weighted by Gasteiger charge is -2.36. The van der Waals surface area contributed by atoms with Crippen molar-refractivity contribution in [2.45, 2.75) is 26.4 Å². The maximum atomic E-state index is 10.9. The van der Waals surface area contributed by atoms with E-state index >= 15 is 0 Å². The first-order valence-electron chi connectivity index (χ1n) is 10.2. The normalized spacial score (nSPS) is 14.6. The highest BCUT2D eigenvalue weighted by molar-refractivity contribution is 5.73. The summed E-state index contributed by atoms with van der Waals surface area (Å²) in [6, 6.07) is 14.3. The largest absolute Gasteiger partial charge is 0.497 e. The lowest BCUT2D eigenvalue weighted by atomic mass is 10.1. The number of rotatable bonds is 9. The number of benzene rings is 2. The van der Waals surface area contributed by atoms with Crippen molar-refractivity contribution in [1.82, 2.24) is 4.90 Å². The number of primary amides is 1. The van der Waals surface area contributed by atoms with Gasteiger partial charge < -0.3 is 20.1 Å². The second-order valence-electron chi connectivity index (χ2n) is 7.51. The molecule has 1 saturated heterocycles. The first-order valence-corrected chi connectivity index (χ1v) is 10.2. The summed E-state index contributed by atoms with van der Waals surface area (Å²) in [6.07, 6.45) is 1.29. The summed E-state index contributed by atoms with van der Waals surface area (Å²) in [5.74, 6) is 1.52. The van der Waals surface area contributed by atoms with E-state index in [-0.39, 0.29) is 5.91 Å². The van der Waals surface area contributed by atoms with E-state index in [2.05, 4.69) is 34.9 Å². The van der Waals surface area contributed by atoms with Gasteiger partial charge in [0.25, 0.3) is 0 Å². The fourth-order valence-corrected chi connectivity index (χ4v) is 3.61. The Bertz CT molecular complexity index is 817. The fourth-order valence-electron chi connectivity index (χ4n) is 3.61. The van der Waals surface area contributed by atoms with E-state index in [0.717, 1.165) is 61.9 Å². The molecule has 1 aliphatic heterocycles. The minimum Gasteiger partial charge on any atom is -0.497 e. The quantitative estimate of drug-likeness (QED) is 0.705. The Morgan fingerprint density at radius 2 is 1.90 bits per heavy atom. The number of piperazine rings is 1. The van der Waals surface area contributed by atoms with Crippen LogP contribution < -0.4 is 20.1 Å². The number of hydrogen-bond donors (Lipinski definition) is 1. The van der Waals surface area contributed by atoms with Gasteiger partial charge in [0.1, 0.15) is 18.1 Å². The number of amides is 1. The number of anilines is 1. The summed E-state index contributed by atoms with van der Waals surface area (Å²) in [7, 11) is 1.67. The van der Waals surface area contributed by atoms with Gasteiger partial charge >= 0.3 is 0 Å². The van der Waals surface area contributed by atoms with Crippen LogP contribution >= 0.6 is 0 Å². The van der Waals surface area contributed by atoms with Gasteiger partial charge in [-0.15, -0.1) is 0 Å². The zero-order valence-electron chi connectivity index (χ0n) is 17.4. The van der Waals surface area contributed by atoms with Crippen LogP contribution in [0.5, 0.6) is 11.5 Å². The molecule has 2 aromatic carbocycles. The highest BCUT2D eigenvalue weighted by atomic mass is 16.5. The predicted octanol–water partition coefficient (Wildman–Crippen LogP) is 2.97. The SMILES string of the molecule is COc1cccc(COc2ccc(C)cc2N2CCN(CCCC(N)=O)CC2)c1. The summed E-state index contributed by atoms with van der Waals surface area (Å²) in [5.41, 5.74) is 8.68. The Kier molecular flexibility index (Phi) is 7.36. The molecule has 1 aliphatic rings. The van der Waals surface area contributed by atoms with Crippen molar-refractivity contribution >= 4 is 11.6 Å². The summed E-state index contributed by atoms with van der Waals surface area (Å²) < 4.78 is 11.5. The molecule has 2 aromatic rings. The van der Waals surface area contributed by atoms with Crippen LogP contribution in [-0.4, -0.2) is 50.6 Å². The number of hydrogen-bond acceptors (Lipinski definition) is 5. The Hall–Kier alpha value is -2.73. The highest BCUT2D eigenvalue weighted by Crippen LogP contribution is 2.31. The number of nitrogens with zero attached hydrogens (tertiary/aromatic N) is 2. The minimum atomic E-state index is -0.221. The van der Waals surface area contributed by atoms with E-state index in [1.54, 1.807) is 7.11 Å². The van der Waals surface area contributed by atoms with Crippen molar-refractivity contribution < 1.29 is 14.3 Å². The fraction of sp³-hybridized carbons (Fsp3) is 0.435. The van der Waals surface area contributed by atoms with E-state index in [1.165, 1.54) is 5.56 Å². The highest BCUT2D eigenvalue weighted by Gasteiger charge is 2.20. The number of nitrogens with two attached hydrogens (primary N) is 1. The summed E-state index contributed by atoms with van der Waals surface area (Å²) in [4.78, 5) is 15.7. The molecule has 156 valence electrons. The van der Waals surface area contributed by atoms with Gasteiger partial charge in [-0.1, -0.05) is 18.2 Å². The van der Waals surface area contributed by atoms with Gasteiger partial charge in [0, 0.05) is 32.6 Å². The molecule has 1 amide bonds. The number of carbonyl (C=O) groups is 1. The van der Waals surface area contributed by atoms with Gasteiger partial charge in [0.2, 0.25) is 5.91 Å². The third-order valence-corrected chi connectivity index (χ3v) is 5.25. The molecule has 29 heavy (non-hydrogen) atoms. The standard InChI is InChI=1S/C23H31N3O3/c1-18-8-9-22(29-17-19-5-3-6-20(16-19)28-2)21(15-18)26-13-11-25(12-14-26)10-4-7-23(24)27/h3,5-6,8-9,15-16H,4,7,10-14,17H2,1-2H3,(H2,24,27). The molecule has 0 radical (unpaired) electrons. The van der Waals surface area contributed by atoms with Crippen molar-refractivity contribution in [3.05, 3.63) is 53.6 Å². The molecule has 6 heteroatoms. The Labute approximate surface area is 173 Å². The molecule has 0 aliphatic carbocycles. The topological polar surface area (TPSA) is 68.0 Å². The molecular formula is C23H31N3O3. The monoisotopic (exact) mass is 397 g/mol. The average molecular weight is 398 g/mol. The van der Waals surface area contributed by atoms with Crippen LogP contribution in [0.2, 0.25) is 0 Å². The Morgan fingerprint density at radius 1 is 1.10 bits per heavy atom. The molecular weight excluding hydrogens is 366 g/mol. The summed E-state index contributed by atoms with van der Waals surface area (Å²) in [5, 5.41) is 0. The van der Waals surface area contributed by atoms with E-state index in [0.29, 0.717) is 13.0 Å². The first-order chi connectivity index (χ1) is 14.0. The Balaban J connectivity index is 1.61. The Morgan fingerprint density at radius 3 is 2.62 bits per heavy atom. The number of methoxy groups -OCH3 is 1. The molecule has 3 rings (SSSR count). The van der Waals surface area contributed by atoms with Crippen LogP contribution in [0.3, 0.4) is 0 Å². The smallest absolute Gasteiger partial charge is 0.217 e. The van der Waals surface area contributed by atoms with E-state index in [4.69, 9.17) is 15.2 Å². The van der Waals surface area contributed by atoms with Gasteiger partial charge in [0.05, 0.1) is 12.8 Å². The maximum absolute atomic E-state index is 10.9. The van der Waals surface area contributed by atoms with Crippen molar-refractivity contribution in [1.29, 1.82) is 0 Å². The third-order valence-electron chi connectivity index (χ3n) is 5.25. The zero-order valence-corrected chi connectivity index (χ0v) is 17.4. The van der Waals surface area contributed by atoms with Crippen LogP contribution in [-0.2, 0) is 11.4 Å². The van der Waals surface area contributed by atoms with Gasteiger partial charge in [-0.25, -0.2) is 0 Å². The van der Waals surface area contributed by atoms with Gasteiger partial charge in [-0.2, -0.15) is 0 Å². The molecule has 1 heterocycles. The van der Waals surface area contributed by atoms with Crippen LogP contribution in [0.15, 0.2) is 42.5 Å². The molecule has 1 fully saturated rings. The molecule has 6 nitrogen and oxygen atoms in total. The van der Waals surface area contributed by atoms with Gasteiger partial charge in [-0.3, -0.25) is 9.69 Å². The second-order valence-corrected chi connectivity index (χ2v) is 7.51. The van der Waals surface area contributed by atoms with Crippen LogP contribution in [0, 0.1) is 6.92 Å². The lowest BCUT2D eigenvalue weighted by Crippen LogP contribution is -2.46. The number of aryl methyl sites for hydroxylation is 1. The van der Waals surface area contributed by atoms with Crippen LogP contribution in [0.25, 0.3) is 0 Å². The molecule has 2 N–H and O–H groups in total. The summed E-state index contributed by atoms with van der Waals surface area (Å²) in [6.45, 7) is 7.36. The molecule has 0 spiro atoms. The third kappa shape index (κ3) is 6.12. The first kappa shape index (κ1) is 21.0. The van der Waals surface area contributed by atoms with E-state index in [9.17, 15) is 4.79 Å². The molecule has 0 saturated carbocycles. The van der Waals surface area contributed by atoms with Crippen molar-refractivity contribution in [3.63, 3.8) is 0 Å². The van der Waals surface area contributed by atoms with E-state index in [1.807, 2.05) is 24.3 Å². The maximum Gasteiger partial charge on any atom is 0.217 e. The van der Waals surface area contributed by atoms with E-state index < -0.39 is 0 Å². The minimum absolute atomic E-state index is 0.221. The van der Waals surface area contributed by atoms with Crippen molar-refractivity contribution in [2.24, 2.45) is 5.73 Å². The second kappa shape index (κ2) is 10.2. The predicted molar refractivity (Wildman–Crippen MR) is 116 cm³/mol. The molecule has 0 aromatic heterocycles. The number of ether oxygens (including phenoxy) is 2. The average Bonchev–Trinajstić information content (AvgIpc) is 2.73. The lowest BCUT2D eigenvalue weighted by molar-refractivity contribution is -0.118. The number of carbonyl (C=O) groups excluding carboxylic acids is 1. The molecule has 0 atom stereocenters. The molecule has 0 unspecified atom stereocenters. The van der Waals surface area contributed by atoms with Crippen LogP contribution in [0.1, 0.15) is 24.0 Å². The summed E-state index contributed by atoms with van der Waals surface area (Å²) >= 11 is 0. The van der Waals surface area contributed by atoms with Crippen molar-refractivity contribution in [3.8, 4) is 11.5 Å². The molecule has 0 bridgehead atoms. The van der Waals surface area contributed by atoms with Gasteiger partial charge in [-0.05, 0) is 55.3 Å². The van der Waals surface area contributed by atoms with Gasteiger partial charge in [0.15, 0.2) is 0 Å². The zero-order chi connectivity index (χ0) is 20.6. The van der Waals surface area contributed by atoms with Crippen LogP contribution in [0.4, 0.5) is 5.69 Å². The van der Waals surface area contributed by atoms with Crippen molar-refractivity contribution in [2.75, 3.05) is 44.7 Å².